The molecule has 126 valence electrons. The Bertz CT molecular complexity index is 683. The van der Waals surface area contributed by atoms with Crippen LogP contribution >= 0.6 is 0 Å². The van der Waals surface area contributed by atoms with E-state index < -0.39 is 5.66 Å². The second-order valence-electron chi connectivity index (χ2n) is 6.47. The van der Waals surface area contributed by atoms with Gasteiger partial charge in [0, 0.05) is 5.56 Å². The number of hydrogen-bond donors (Lipinski definition) is 1. The van der Waals surface area contributed by atoms with E-state index in [4.69, 9.17) is 5.73 Å². The molecule has 0 radical (unpaired) electrons. The molecule has 2 aromatic carbocycles. The molecule has 0 aliphatic heterocycles. The monoisotopic (exact) mass is 323 g/mol. The Morgan fingerprint density at radius 1 is 1.12 bits per heavy atom. The molecular formula is C21H27N2O+. The number of hydrogen-bond acceptors (Lipinski definition) is 2. The van der Waals surface area contributed by atoms with Gasteiger partial charge in [-0.2, -0.15) is 0 Å². The SMILES string of the molecule is C=CC[N+](C)(CC)C(N)(Cc1ccccc1)C(=O)c1ccccc1. The van der Waals surface area contributed by atoms with E-state index in [0.29, 0.717) is 23.0 Å². The first-order chi connectivity index (χ1) is 11.5. The molecule has 24 heavy (non-hydrogen) atoms. The number of ketones is 1. The van der Waals surface area contributed by atoms with Crippen LogP contribution in [0.1, 0.15) is 22.8 Å². The lowest BCUT2D eigenvalue weighted by atomic mass is 9.88. The summed E-state index contributed by atoms with van der Waals surface area (Å²) in [5, 5.41) is 0. The summed E-state index contributed by atoms with van der Waals surface area (Å²) in [6.45, 7) is 7.31. The Balaban J connectivity index is 2.51. The van der Waals surface area contributed by atoms with E-state index in [1.165, 1.54) is 0 Å². The zero-order valence-electron chi connectivity index (χ0n) is 14.6. The van der Waals surface area contributed by atoms with Crippen LogP contribution in [0.5, 0.6) is 0 Å². The molecule has 2 atom stereocenters. The Morgan fingerprint density at radius 2 is 1.67 bits per heavy atom. The van der Waals surface area contributed by atoms with E-state index in [1.807, 2.05) is 73.8 Å². The highest BCUT2D eigenvalue weighted by molar-refractivity contribution is 6.02. The standard InChI is InChI=1S/C21H27N2O/c1-4-16-23(3,5-2)21(22,17-18-12-8-6-9-13-18)20(24)19-14-10-7-11-15-19/h4,6-15H,1,5,16-17,22H2,2-3H3/q+1. The summed E-state index contributed by atoms with van der Waals surface area (Å²) < 4.78 is 0.416. The number of nitrogens with two attached hydrogens (primary N) is 1. The molecule has 2 rings (SSSR count). The fraction of sp³-hybridized carbons (Fsp3) is 0.286. The first kappa shape index (κ1) is 18.1. The van der Waals surface area contributed by atoms with Gasteiger partial charge in [-0.3, -0.25) is 15.0 Å². The zero-order valence-corrected chi connectivity index (χ0v) is 14.6. The third kappa shape index (κ3) is 3.48. The maximum atomic E-state index is 13.4. The van der Waals surface area contributed by atoms with E-state index in [9.17, 15) is 4.79 Å². The number of nitrogens with zero attached hydrogens (tertiary/aromatic N) is 1. The van der Waals surface area contributed by atoms with Crippen LogP contribution in [0.15, 0.2) is 73.3 Å². The average molecular weight is 323 g/mol. The lowest BCUT2D eigenvalue weighted by Gasteiger charge is -2.47. The Kier molecular flexibility index (Phi) is 5.71. The van der Waals surface area contributed by atoms with Crippen LogP contribution in [0.3, 0.4) is 0 Å². The minimum absolute atomic E-state index is 0.0295. The normalized spacial score (nSPS) is 16.0. The van der Waals surface area contributed by atoms with Gasteiger partial charge in [-0.15, -0.1) is 0 Å². The maximum absolute atomic E-state index is 13.4. The second kappa shape index (κ2) is 7.56. The second-order valence-corrected chi connectivity index (χ2v) is 6.47. The minimum atomic E-state index is -1.05. The highest BCUT2D eigenvalue weighted by Crippen LogP contribution is 2.27. The molecule has 0 fully saturated rings. The quantitative estimate of drug-likeness (QED) is 0.350. The van der Waals surface area contributed by atoms with Gasteiger partial charge in [0.05, 0.1) is 26.6 Å². The summed E-state index contributed by atoms with van der Waals surface area (Å²) in [6.07, 6.45) is 2.33. The predicted molar refractivity (Wildman–Crippen MR) is 99.6 cm³/mol. The lowest BCUT2D eigenvalue weighted by molar-refractivity contribution is -0.941. The third-order valence-corrected chi connectivity index (χ3v) is 4.94. The van der Waals surface area contributed by atoms with Gasteiger partial charge in [-0.05, 0) is 18.6 Å². The molecule has 0 bridgehead atoms. The van der Waals surface area contributed by atoms with Crippen molar-refractivity contribution in [1.29, 1.82) is 0 Å². The van der Waals surface area contributed by atoms with Crippen LogP contribution in [0.2, 0.25) is 0 Å². The third-order valence-electron chi connectivity index (χ3n) is 4.94. The Hall–Kier alpha value is -2.23. The summed E-state index contributed by atoms with van der Waals surface area (Å²) in [5.74, 6) is -0.0295. The molecule has 0 saturated carbocycles. The van der Waals surface area contributed by atoms with Gasteiger partial charge < -0.3 is 0 Å². The van der Waals surface area contributed by atoms with Gasteiger partial charge in [-0.25, -0.2) is 0 Å². The molecule has 0 spiro atoms. The number of rotatable bonds is 8. The fourth-order valence-electron chi connectivity index (χ4n) is 3.12. The van der Waals surface area contributed by atoms with Crippen molar-refractivity contribution >= 4 is 5.78 Å². The van der Waals surface area contributed by atoms with Crippen LogP contribution in [0.25, 0.3) is 0 Å². The molecule has 2 aromatic rings. The van der Waals surface area contributed by atoms with Crippen molar-refractivity contribution in [2.75, 3.05) is 20.1 Å². The number of benzene rings is 2. The van der Waals surface area contributed by atoms with Gasteiger partial charge in [0.2, 0.25) is 11.4 Å². The Labute approximate surface area is 145 Å². The topological polar surface area (TPSA) is 43.1 Å². The van der Waals surface area contributed by atoms with E-state index in [1.54, 1.807) is 0 Å². The van der Waals surface area contributed by atoms with Crippen LogP contribution in [0.4, 0.5) is 0 Å². The van der Waals surface area contributed by atoms with Gasteiger partial charge in [0.1, 0.15) is 0 Å². The molecule has 2 N–H and O–H groups in total. The van der Waals surface area contributed by atoms with Gasteiger partial charge in [0.25, 0.3) is 0 Å². The van der Waals surface area contributed by atoms with Crippen LogP contribution < -0.4 is 5.73 Å². The molecule has 0 heterocycles. The summed E-state index contributed by atoms with van der Waals surface area (Å²) in [5.41, 5.74) is 7.52. The van der Waals surface area contributed by atoms with Crippen LogP contribution in [-0.4, -0.2) is 36.1 Å². The number of carbonyl (C=O) groups is 1. The van der Waals surface area contributed by atoms with Crippen molar-refractivity contribution in [2.24, 2.45) is 5.73 Å². The molecule has 0 saturated heterocycles. The average Bonchev–Trinajstić information content (AvgIpc) is 2.62. The summed E-state index contributed by atoms with van der Waals surface area (Å²) in [7, 11) is 2.03. The van der Waals surface area contributed by atoms with Crippen LogP contribution in [0, 0.1) is 0 Å². The highest BCUT2D eigenvalue weighted by Gasteiger charge is 2.50. The summed E-state index contributed by atoms with van der Waals surface area (Å²) in [6, 6.07) is 19.3. The van der Waals surface area contributed by atoms with Gasteiger partial charge in [0.15, 0.2) is 0 Å². The van der Waals surface area contributed by atoms with Gasteiger partial charge >= 0.3 is 0 Å². The highest BCUT2D eigenvalue weighted by atomic mass is 16.1. The smallest absolute Gasteiger partial charge is 0.239 e. The molecule has 0 aliphatic carbocycles. The molecule has 3 nitrogen and oxygen atoms in total. The molecule has 3 heteroatoms. The number of likely N-dealkylation sites (N-methyl/N-ethyl adjacent to an activating group) is 1. The first-order valence-corrected chi connectivity index (χ1v) is 8.35. The predicted octanol–water partition coefficient (Wildman–Crippen LogP) is 3.42. The first-order valence-electron chi connectivity index (χ1n) is 8.35. The van der Waals surface area contributed by atoms with E-state index >= 15 is 0 Å². The van der Waals surface area contributed by atoms with Crippen molar-refractivity contribution in [2.45, 2.75) is 19.0 Å². The zero-order chi connectivity index (χ0) is 17.6. The van der Waals surface area contributed by atoms with E-state index in [2.05, 4.69) is 13.5 Å². The largest absolute Gasteiger partial charge is 0.299 e. The van der Waals surface area contributed by atoms with Crippen molar-refractivity contribution in [3.8, 4) is 0 Å². The fourth-order valence-corrected chi connectivity index (χ4v) is 3.12. The lowest BCUT2D eigenvalue weighted by Crippen LogP contribution is -2.72. The summed E-state index contributed by atoms with van der Waals surface area (Å²) in [4.78, 5) is 13.4. The van der Waals surface area contributed by atoms with E-state index in [0.717, 1.165) is 12.1 Å². The van der Waals surface area contributed by atoms with Crippen molar-refractivity contribution in [3.05, 3.63) is 84.4 Å². The minimum Gasteiger partial charge on any atom is -0.299 e. The van der Waals surface area contributed by atoms with Crippen molar-refractivity contribution in [3.63, 3.8) is 0 Å². The number of Topliss-reactive ketones (excluding diaryl/α,β-unsaturated/α-hetero) is 1. The van der Waals surface area contributed by atoms with Gasteiger partial charge in [-0.1, -0.05) is 67.2 Å². The maximum Gasteiger partial charge on any atom is 0.239 e. The van der Waals surface area contributed by atoms with Crippen LogP contribution in [-0.2, 0) is 6.42 Å². The summed E-state index contributed by atoms with van der Waals surface area (Å²) >= 11 is 0. The number of carbonyl (C=O) groups excluding carboxylic acids is 1. The molecule has 0 aromatic heterocycles. The molecule has 0 aliphatic rings. The molecule has 0 amide bonds. The molecule has 2 unspecified atom stereocenters. The van der Waals surface area contributed by atoms with Crippen molar-refractivity contribution < 1.29 is 9.28 Å². The number of quaternary nitrogens is 1. The van der Waals surface area contributed by atoms with E-state index in [-0.39, 0.29) is 5.78 Å². The molecular weight excluding hydrogens is 296 g/mol. The Morgan fingerprint density at radius 3 is 2.17 bits per heavy atom. The van der Waals surface area contributed by atoms with Crippen molar-refractivity contribution in [1.82, 2.24) is 0 Å².